The highest BCUT2D eigenvalue weighted by molar-refractivity contribution is 5.88. The third-order valence-electron chi connectivity index (χ3n) is 1.41. The van der Waals surface area contributed by atoms with E-state index in [0.717, 1.165) is 0 Å². The second kappa shape index (κ2) is 5.18. The quantitative estimate of drug-likeness (QED) is 0.299. The van der Waals surface area contributed by atoms with Crippen LogP contribution in [-0.4, -0.2) is 57.7 Å². The summed E-state index contributed by atoms with van der Waals surface area (Å²) in [5.74, 6) is -0.890. The molecule has 3 atom stereocenters. The van der Waals surface area contributed by atoms with Gasteiger partial charge in [0.05, 0.1) is 19.3 Å². The van der Waals surface area contributed by atoms with E-state index in [1.54, 1.807) is 0 Å². The molecule has 0 aromatic rings. The van der Waals surface area contributed by atoms with Crippen molar-refractivity contribution in [3.8, 4) is 0 Å². The second-order valence-corrected chi connectivity index (χ2v) is 2.39. The van der Waals surface area contributed by atoms with Crippen molar-refractivity contribution < 1.29 is 25.2 Å². The average Bonchev–Trinajstić information content (AvgIpc) is 2.12. The fraction of sp³-hybridized carbons (Fsp3) is 0.833. The van der Waals surface area contributed by atoms with E-state index in [1.807, 2.05) is 0 Å². The summed E-state index contributed by atoms with van der Waals surface area (Å²) in [6, 6.07) is -1.22. The van der Waals surface area contributed by atoms with Crippen LogP contribution in [0.5, 0.6) is 0 Å². The standard InChI is InChI=1S/C6H13NO5/c7-3(1-8)5(11)6(12)4(10)2-9/h3-4,6,8-10,12H,1-2,7H2/t3-,4-,6+/m1/s1. The summed E-state index contributed by atoms with van der Waals surface area (Å²) in [7, 11) is 0. The van der Waals surface area contributed by atoms with Crippen LogP contribution in [0.2, 0.25) is 0 Å². The average molecular weight is 179 g/mol. The molecular weight excluding hydrogens is 166 g/mol. The molecule has 0 aromatic carbocycles. The van der Waals surface area contributed by atoms with Gasteiger partial charge in [-0.2, -0.15) is 0 Å². The topological polar surface area (TPSA) is 124 Å². The molecule has 0 spiro atoms. The molecule has 0 amide bonds. The summed E-state index contributed by atoms with van der Waals surface area (Å²) in [6.45, 7) is -1.33. The molecule has 0 saturated heterocycles. The third kappa shape index (κ3) is 2.84. The Labute approximate surface area is 69.2 Å². The minimum atomic E-state index is -1.74. The van der Waals surface area contributed by atoms with Gasteiger partial charge in [0.15, 0.2) is 5.78 Å². The predicted octanol–water partition coefficient (Wildman–Crippen LogP) is -3.41. The molecule has 0 radical (unpaired) electrons. The van der Waals surface area contributed by atoms with E-state index >= 15 is 0 Å². The highest BCUT2D eigenvalue weighted by atomic mass is 16.4. The Balaban J connectivity index is 4.09. The Morgan fingerprint density at radius 3 is 2.08 bits per heavy atom. The first-order chi connectivity index (χ1) is 5.54. The van der Waals surface area contributed by atoms with E-state index in [-0.39, 0.29) is 0 Å². The summed E-state index contributed by atoms with van der Waals surface area (Å²) in [5.41, 5.74) is 5.06. The van der Waals surface area contributed by atoms with Gasteiger partial charge >= 0.3 is 0 Å². The van der Waals surface area contributed by atoms with Crippen molar-refractivity contribution >= 4 is 5.78 Å². The number of Topliss-reactive ketones (excluding diaryl/α,β-unsaturated/α-hetero) is 1. The molecule has 6 heteroatoms. The molecule has 0 unspecified atom stereocenters. The van der Waals surface area contributed by atoms with Crippen molar-refractivity contribution in [3.05, 3.63) is 0 Å². The van der Waals surface area contributed by atoms with Crippen molar-refractivity contribution in [1.29, 1.82) is 0 Å². The summed E-state index contributed by atoms with van der Waals surface area (Å²) in [4.78, 5) is 10.9. The zero-order chi connectivity index (χ0) is 9.72. The summed E-state index contributed by atoms with van der Waals surface area (Å²) in [6.07, 6.45) is -3.28. The number of carbonyl (C=O) groups is 1. The van der Waals surface area contributed by atoms with Crippen molar-refractivity contribution in [3.63, 3.8) is 0 Å². The lowest BCUT2D eigenvalue weighted by molar-refractivity contribution is -0.136. The van der Waals surface area contributed by atoms with E-state index in [4.69, 9.17) is 26.2 Å². The van der Waals surface area contributed by atoms with Gasteiger partial charge in [0.2, 0.25) is 0 Å². The summed E-state index contributed by atoms with van der Waals surface area (Å²) < 4.78 is 0. The van der Waals surface area contributed by atoms with E-state index in [1.165, 1.54) is 0 Å². The van der Waals surface area contributed by atoms with Crippen LogP contribution >= 0.6 is 0 Å². The van der Waals surface area contributed by atoms with Gasteiger partial charge < -0.3 is 26.2 Å². The molecule has 0 bridgehead atoms. The largest absolute Gasteiger partial charge is 0.394 e. The Morgan fingerprint density at radius 1 is 1.25 bits per heavy atom. The van der Waals surface area contributed by atoms with Gasteiger partial charge in [-0.25, -0.2) is 0 Å². The van der Waals surface area contributed by atoms with Gasteiger partial charge in [-0.3, -0.25) is 4.79 Å². The van der Waals surface area contributed by atoms with Crippen LogP contribution in [0.3, 0.4) is 0 Å². The van der Waals surface area contributed by atoms with Crippen LogP contribution in [0.4, 0.5) is 0 Å². The van der Waals surface area contributed by atoms with E-state index < -0.39 is 37.2 Å². The van der Waals surface area contributed by atoms with Crippen LogP contribution < -0.4 is 5.73 Å². The Bertz CT molecular complexity index is 151. The normalized spacial score (nSPS) is 18.4. The van der Waals surface area contributed by atoms with E-state index in [2.05, 4.69) is 0 Å². The van der Waals surface area contributed by atoms with Crippen molar-refractivity contribution in [2.24, 2.45) is 5.73 Å². The van der Waals surface area contributed by atoms with Crippen molar-refractivity contribution in [2.45, 2.75) is 18.2 Å². The molecule has 0 fully saturated rings. The molecule has 0 heterocycles. The van der Waals surface area contributed by atoms with Gasteiger partial charge in [0.25, 0.3) is 0 Å². The van der Waals surface area contributed by atoms with E-state index in [0.29, 0.717) is 0 Å². The molecule has 0 aliphatic carbocycles. The van der Waals surface area contributed by atoms with Crippen LogP contribution in [0.25, 0.3) is 0 Å². The number of hydrogen-bond donors (Lipinski definition) is 5. The number of rotatable bonds is 5. The maximum atomic E-state index is 10.9. The smallest absolute Gasteiger partial charge is 0.182 e. The Morgan fingerprint density at radius 2 is 1.75 bits per heavy atom. The molecule has 6 nitrogen and oxygen atoms in total. The lowest BCUT2D eigenvalue weighted by Gasteiger charge is -2.16. The van der Waals surface area contributed by atoms with Crippen molar-refractivity contribution in [1.82, 2.24) is 0 Å². The molecule has 12 heavy (non-hydrogen) atoms. The SMILES string of the molecule is N[C@H](CO)C(=O)[C@@H](O)[C@H](O)CO. The first kappa shape index (κ1) is 11.5. The Hall–Kier alpha value is -0.530. The Kier molecular flexibility index (Phi) is 4.95. The van der Waals surface area contributed by atoms with Gasteiger partial charge in [0.1, 0.15) is 12.2 Å². The fourth-order valence-electron chi connectivity index (χ4n) is 0.599. The minimum Gasteiger partial charge on any atom is -0.394 e. The third-order valence-corrected chi connectivity index (χ3v) is 1.41. The molecule has 72 valence electrons. The van der Waals surface area contributed by atoms with Gasteiger partial charge in [-0.15, -0.1) is 0 Å². The molecular formula is C6H13NO5. The molecule has 0 aliphatic rings. The predicted molar refractivity (Wildman–Crippen MR) is 39.2 cm³/mol. The highest BCUT2D eigenvalue weighted by Gasteiger charge is 2.27. The van der Waals surface area contributed by atoms with Gasteiger partial charge in [-0.05, 0) is 0 Å². The first-order valence-electron chi connectivity index (χ1n) is 3.41. The number of carbonyl (C=O) groups excluding carboxylic acids is 1. The number of ketones is 1. The molecule has 6 N–H and O–H groups in total. The van der Waals surface area contributed by atoms with Gasteiger partial charge in [-0.1, -0.05) is 0 Å². The number of nitrogens with two attached hydrogens (primary N) is 1. The first-order valence-corrected chi connectivity index (χ1v) is 3.41. The lowest BCUT2D eigenvalue weighted by atomic mass is 10.0. The summed E-state index contributed by atoms with van der Waals surface area (Å²) >= 11 is 0. The van der Waals surface area contributed by atoms with Crippen molar-refractivity contribution in [2.75, 3.05) is 13.2 Å². The van der Waals surface area contributed by atoms with Gasteiger partial charge in [0, 0.05) is 0 Å². The zero-order valence-electron chi connectivity index (χ0n) is 6.42. The molecule has 0 aromatic heterocycles. The maximum absolute atomic E-state index is 10.9. The molecule has 0 aliphatic heterocycles. The number of aliphatic hydroxyl groups is 4. The minimum absolute atomic E-state index is 0.603. The molecule has 0 saturated carbocycles. The maximum Gasteiger partial charge on any atom is 0.182 e. The van der Waals surface area contributed by atoms with Crippen LogP contribution in [-0.2, 0) is 4.79 Å². The number of aliphatic hydroxyl groups excluding tert-OH is 4. The zero-order valence-corrected chi connectivity index (χ0v) is 6.42. The molecule has 0 rings (SSSR count). The van der Waals surface area contributed by atoms with Crippen LogP contribution in [0.1, 0.15) is 0 Å². The monoisotopic (exact) mass is 179 g/mol. The van der Waals surface area contributed by atoms with Crippen LogP contribution in [0, 0.1) is 0 Å². The van der Waals surface area contributed by atoms with E-state index in [9.17, 15) is 4.79 Å². The highest BCUT2D eigenvalue weighted by Crippen LogP contribution is 1.96. The lowest BCUT2D eigenvalue weighted by Crippen LogP contribution is -2.47. The summed E-state index contributed by atoms with van der Waals surface area (Å²) in [5, 5.41) is 34.5. The number of hydrogen-bond acceptors (Lipinski definition) is 6. The fourth-order valence-corrected chi connectivity index (χ4v) is 0.599. The second-order valence-electron chi connectivity index (χ2n) is 2.39. The van der Waals surface area contributed by atoms with Crippen LogP contribution in [0.15, 0.2) is 0 Å².